The summed E-state index contributed by atoms with van der Waals surface area (Å²) in [7, 11) is 0. The first-order valence-corrected chi connectivity index (χ1v) is 8.61. The number of ether oxygens (including phenoxy) is 2. The lowest BCUT2D eigenvalue weighted by Gasteiger charge is -2.26. The molecule has 0 spiro atoms. The fourth-order valence-electron chi connectivity index (χ4n) is 2.76. The van der Waals surface area contributed by atoms with E-state index in [1.165, 1.54) is 6.07 Å². The van der Waals surface area contributed by atoms with E-state index in [4.69, 9.17) is 9.47 Å². The van der Waals surface area contributed by atoms with Crippen LogP contribution in [-0.4, -0.2) is 36.4 Å². The quantitative estimate of drug-likeness (QED) is 0.814. The van der Waals surface area contributed by atoms with Crippen LogP contribution in [0.4, 0.5) is 4.39 Å². The van der Waals surface area contributed by atoms with E-state index >= 15 is 0 Å². The van der Waals surface area contributed by atoms with E-state index < -0.39 is 0 Å². The molecule has 0 atom stereocenters. The average Bonchev–Trinajstić information content (AvgIpc) is 2.59. The Hall–Kier alpha value is -1.63. The number of hydrogen-bond acceptors (Lipinski definition) is 4. The smallest absolute Gasteiger partial charge is 0.165 e. The summed E-state index contributed by atoms with van der Waals surface area (Å²) in [5.41, 5.74) is 1.55. The SMILES string of the molecule is OCCN(Cc1cc(Br)ccc1F)Cc1cccc2c1OCCO2. The molecule has 0 aliphatic carbocycles. The Kier molecular flexibility index (Phi) is 5.71. The third kappa shape index (κ3) is 4.06. The molecule has 0 bridgehead atoms. The maximum Gasteiger partial charge on any atom is 0.165 e. The molecule has 0 fully saturated rings. The Balaban J connectivity index is 1.80. The van der Waals surface area contributed by atoms with E-state index in [2.05, 4.69) is 15.9 Å². The first kappa shape index (κ1) is 17.2. The molecule has 6 heteroatoms. The monoisotopic (exact) mass is 395 g/mol. The van der Waals surface area contributed by atoms with Gasteiger partial charge < -0.3 is 14.6 Å². The highest BCUT2D eigenvalue weighted by Crippen LogP contribution is 2.34. The van der Waals surface area contributed by atoms with Crippen LogP contribution in [0, 0.1) is 5.82 Å². The highest BCUT2D eigenvalue weighted by atomic mass is 79.9. The minimum atomic E-state index is -0.254. The molecule has 1 aliphatic rings. The van der Waals surface area contributed by atoms with E-state index in [0.29, 0.717) is 38.4 Å². The normalized spacial score (nSPS) is 13.3. The lowest BCUT2D eigenvalue weighted by molar-refractivity contribution is 0.159. The number of aliphatic hydroxyl groups is 1. The van der Waals surface area contributed by atoms with Crippen LogP contribution in [0.2, 0.25) is 0 Å². The van der Waals surface area contributed by atoms with E-state index in [1.807, 2.05) is 23.1 Å². The Morgan fingerprint density at radius 3 is 2.71 bits per heavy atom. The first-order valence-electron chi connectivity index (χ1n) is 7.82. The number of fused-ring (bicyclic) bond motifs is 1. The summed E-state index contributed by atoms with van der Waals surface area (Å²) in [6.07, 6.45) is 0. The Morgan fingerprint density at radius 2 is 1.88 bits per heavy atom. The van der Waals surface area contributed by atoms with E-state index in [-0.39, 0.29) is 12.4 Å². The summed E-state index contributed by atoms with van der Waals surface area (Å²) in [6.45, 7) is 2.44. The van der Waals surface area contributed by atoms with Crippen molar-refractivity contribution in [3.63, 3.8) is 0 Å². The molecule has 3 rings (SSSR count). The molecular formula is C18H19BrFNO3. The second-order valence-electron chi connectivity index (χ2n) is 5.61. The molecule has 128 valence electrons. The minimum Gasteiger partial charge on any atom is -0.486 e. The summed E-state index contributed by atoms with van der Waals surface area (Å²) in [4.78, 5) is 1.98. The van der Waals surface area contributed by atoms with Crippen molar-refractivity contribution in [3.05, 3.63) is 57.8 Å². The van der Waals surface area contributed by atoms with E-state index in [0.717, 1.165) is 21.5 Å². The van der Waals surface area contributed by atoms with Gasteiger partial charge >= 0.3 is 0 Å². The number of halogens is 2. The van der Waals surface area contributed by atoms with Gasteiger partial charge in [0.05, 0.1) is 6.61 Å². The number of nitrogens with zero attached hydrogens (tertiary/aromatic N) is 1. The predicted molar refractivity (Wildman–Crippen MR) is 92.7 cm³/mol. The van der Waals surface area contributed by atoms with Gasteiger partial charge in [-0.15, -0.1) is 0 Å². The minimum absolute atomic E-state index is 0.00199. The molecule has 0 saturated heterocycles. The number of benzene rings is 2. The predicted octanol–water partition coefficient (Wildman–Crippen LogP) is 3.35. The van der Waals surface area contributed by atoms with Crippen molar-refractivity contribution < 1.29 is 19.0 Å². The van der Waals surface area contributed by atoms with Crippen LogP contribution in [0.3, 0.4) is 0 Å². The molecular weight excluding hydrogens is 377 g/mol. The zero-order valence-electron chi connectivity index (χ0n) is 13.2. The van der Waals surface area contributed by atoms with Crippen molar-refractivity contribution in [2.24, 2.45) is 0 Å². The highest BCUT2D eigenvalue weighted by Gasteiger charge is 2.18. The maximum absolute atomic E-state index is 14.0. The molecule has 0 radical (unpaired) electrons. The van der Waals surface area contributed by atoms with Gasteiger partial charge in [-0.05, 0) is 24.3 Å². The van der Waals surface area contributed by atoms with E-state index in [9.17, 15) is 9.50 Å². The van der Waals surface area contributed by atoms with Gasteiger partial charge in [-0.3, -0.25) is 4.90 Å². The lowest BCUT2D eigenvalue weighted by Crippen LogP contribution is -2.27. The largest absolute Gasteiger partial charge is 0.486 e. The zero-order chi connectivity index (χ0) is 16.9. The Morgan fingerprint density at radius 1 is 1.08 bits per heavy atom. The first-order chi connectivity index (χ1) is 11.7. The molecule has 0 amide bonds. The van der Waals surface area contributed by atoms with Crippen LogP contribution in [0.1, 0.15) is 11.1 Å². The summed E-state index contributed by atoms with van der Waals surface area (Å²) in [5, 5.41) is 9.35. The fraction of sp³-hybridized carbons (Fsp3) is 0.333. The van der Waals surface area contributed by atoms with Gasteiger partial charge in [-0.1, -0.05) is 28.1 Å². The van der Waals surface area contributed by atoms with Crippen molar-refractivity contribution in [3.8, 4) is 11.5 Å². The van der Waals surface area contributed by atoms with Crippen LogP contribution in [0.5, 0.6) is 11.5 Å². The third-order valence-corrected chi connectivity index (χ3v) is 4.35. The molecule has 4 nitrogen and oxygen atoms in total. The number of hydrogen-bond donors (Lipinski definition) is 1. The Labute approximate surface area is 148 Å². The molecule has 24 heavy (non-hydrogen) atoms. The van der Waals surface area contributed by atoms with Crippen molar-refractivity contribution in [2.45, 2.75) is 13.1 Å². The van der Waals surface area contributed by atoms with Gasteiger partial charge in [0.2, 0.25) is 0 Å². The van der Waals surface area contributed by atoms with Gasteiger partial charge in [-0.2, -0.15) is 0 Å². The molecule has 2 aromatic rings. The summed E-state index contributed by atoms with van der Waals surface area (Å²) < 4.78 is 26.2. The van der Waals surface area contributed by atoms with Crippen molar-refractivity contribution in [1.82, 2.24) is 4.90 Å². The van der Waals surface area contributed by atoms with Crippen LogP contribution >= 0.6 is 15.9 Å². The average molecular weight is 396 g/mol. The molecule has 1 N–H and O–H groups in total. The van der Waals surface area contributed by atoms with E-state index in [1.54, 1.807) is 12.1 Å². The highest BCUT2D eigenvalue weighted by molar-refractivity contribution is 9.10. The van der Waals surface area contributed by atoms with Gasteiger partial charge in [0.1, 0.15) is 19.0 Å². The summed E-state index contributed by atoms with van der Waals surface area (Å²) in [5.74, 6) is 1.22. The third-order valence-electron chi connectivity index (χ3n) is 3.86. The van der Waals surface area contributed by atoms with Crippen LogP contribution in [-0.2, 0) is 13.1 Å². The second kappa shape index (κ2) is 7.96. The molecule has 0 unspecified atom stereocenters. The van der Waals surface area contributed by atoms with Crippen LogP contribution in [0.25, 0.3) is 0 Å². The van der Waals surface area contributed by atoms with Crippen LogP contribution in [0.15, 0.2) is 40.9 Å². The van der Waals surface area contributed by atoms with Crippen LogP contribution < -0.4 is 9.47 Å². The van der Waals surface area contributed by atoms with Crippen molar-refractivity contribution in [1.29, 1.82) is 0 Å². The fourth-order valence-corrected chi connectivity index (χ4v) is 3.17. The zero-order valence-corrected chi connectivity index (χ0v) is 14.8. The van der Waals surface area contributed by atoms with Crippen molar-refractivity contribution in [2.75, 3.05) is 26.4 Å². The molecule has 1 heterocycles. The molecule has 0 saturated carbocycles. The molecule has 1 aliphatic heterocycles. The molecule has 0 aromatic heterocycles. The van der Waals surface area contributed by atoms with Crippen molar-refractivity contribution >= 4 is 15.9 Å². The van der Waals surface area contributed by atoms with Gasteiger partial charge in [0.15, 0.2) is 11.5 Å². The van der Waals surface area contributed by atoms with Gasteiger partial charge in [0.25, 0.3) is 0 Å². The molecule has 2 aromatic carbocycles. The standard InChI is InChI=1S/C18H19BrFNO3/c19-15-4-5-16(20)14(10-15)12-21(6-7-22)11-13-2-1-3-17-18(13)24-9-8-23-17/h1-5,10,22H,6-9,11-12H2. The topological polar surface area (TPSA) is 41.9 Å². The Bertz CT molecular complexity index is 711. The second-order valence-corrected chi connectivity index (χ2v) is 6.53. The number of aliphatic hydroxyl groups excluding tert-OH is 1. The van der Waals surface area contributed by atoms with Gasteiger partial charge in [-0.25, -0.2) is 4.39 Å². The lowest BCUT2D eigenvalue weighted by atomic mass is 10.1. The summed E-state index contributed by atoms with van der Waals surface area (Å²) >= 11 is 3.37. The number of rotatable bonds is 6. The summed E-state index contributed by atoms with van der Waals surface area (Å²) in [6, 6.07) is 10.6. The maximum atomic E-state index is 14.0. The van der Waals surface area contributed by atoms with Gasteiger partial charge in [0, 0.05) is 35.2 Å². The number of para-hydroxylation sites is 1.